The van der Waals surface area contributed by atoms with Crippen LogP contribution in [-0.2, 0) is 11.4 Å². The van der Waals surface area contributed by atoms with Gasteiger partial charge in [-0.1, -0.05) is 18.1 Å². The van der Waals surface area contributed by atoms with Crippen LogP contribution < -0.4 is 9.64 Å². The molecule has 1 aliphatic heterocycles. The lowest BCUT2D eigenvalue weighted by Gasteiger charge is -2.35. The van der Waals surface area contributed by atoms with Gasteiger partial charge in [0, 0.05) is 31.9 Å². The van der Waals surface area contributed by atoms with E-state index in [1.807, 2.05) is 0 Å². The van der Waals surface area contributed by atoms with Gasteiger partial charge >= 0.3 is 5.97 Å². The maximum Gasteiger partial charge on any atom is 0.304 e. The largest absolute Gasteiger partial charge is 0.486 e. The third-order valence-corrected chi connectivity index (χ3v) is 5.99. The summed E-state index contributed by atoms with van der Waals surface area (Å²) in [6.45, 7) is 4.23. The van der Waals surface area contributed by atoms with Gasteiger partial charge in [0.2, 0.25) is 0 Å². The van der Waals surface area contributed by atoms with E-state index in [2.05, 4.69) is 16.7 Å². The number of aliphatic carboxylic acids is 1. The van der Waals surface area contributed by atoms with Crippen molar-refractivity contribution in [2.75, 3.05) is 31.1 Å². The smallest absolute Gasteiger partial charge is 0.304 e. The number of carboxylic acids is 1. The number of amides is 1. The van der Waals surface area contributed by atoms with Crippen LogP contribution in [0.5, 0.6) is 5.75 Å². The molecule has 36 heavy (non-hydrogen) atoms. The van der Waals surface area contributed by atoms with E-state index in [9.17, 15) is 14.0 Å². The summed E-state index contributed by atoms with van der Waals surface area (Å²) >= 11 is 0. The molecule has 4 rings (SSSR count). The van der Waals surface area contributed by atoms with Gasteiger partial charge < -0.3 is 24.1 Å². The van der Waals surface area contributed by atoms with Gasteiger partial charge in [0.05, 0.1) is 12.3 Å². The number of furan rings is 1. The first-order valence-electron chi connectivity index (χ1n) is 11.7. The first kappa shape index (κ1) is 24.9. The van der Waals surface area contributed by atoms with E-state index in [1.54, 1.807) is 60.4 Å². The number of ether oxygens (including phenoxy) is 1. The Morgan fingerprint density at radius 2 is 1.72 bits per heavy atom. The van der Waals surface area contributed by atoms with Crippen molar-refractivity contribution >= 4 is 17.6 Å². The number of anilines is 1. The number of nitrogens with zero attached hydrogens (tertiary/aromatic N) is 2. The maximum absolute atomic E-state index is 13.2. The molecule has 1 saturated heterocycles. The number of carbonyl (C=O) groups excluding carboxylic acids is 1. The molecule has 0 saturated carbocycles. The van der Waals surface area contributed by atoms with E-state index in [0.717, 1.165) is 11.3 Å². The van der Waals surface area contributed by atoms with Crippen LogP contribution in [0.4, 0.5) is 10.1 Å². The molecule has 186 valence electrons. The van der Waals surface area contributed by atoms with Crippen LogP contribution in [-0.4, -0.2) is 48.1 Å². The van der Waals surface area contributed by atoms with Crippen molar-refractivity contribution in [3.63, 3.8) is 0 Å². The topological polar surface area (TPSA) is 83.2 Å². The van der Waals surface area contributed by atoms with Crippen LogP contribution in [0, 0.1) is 17.7 Å². The van der Waals surface area contributed by atoms with Crippen molar-refractivity contribution in [2.45, 2.75) is 25.9 Å². The van der Waals surface area contributed by atoms with E-state index >= 15 is 0 Å². The molecule has 1 aromatic heterocycles. The predicted molar refractivity (Wildman–Crippen MR) is 132 cm³/mol. The number of halogens is 1. The van der Waals surface area contributed by atoms with Crippen LogP contribution in [0.25, 0.3) is 0 Å². The van der Waals surface area contributed by atoms with Crippen LogP contribution in [0.2, 0.25) is 0 Å². The van der Waals surface area contributed by atoms with Gasteiger partial charge in [-0.2, -0.15) is 0 Å². The SMILES string of the molecule is CC#CC(CC(=O)O)c1ccc(OCc2ccc(C(=O)N3CCN(c4ccc(F)cc4)CC3)o2)cc1. The number of carboxylic acid groups (broad SMARTS) is 1. The second kappa shape index (κ2) is 11.5. The Balaban J connectivity index is 1.29. The summed E-state index contributed by atoms with van der Waals surface area (Å²) in [6, 6.07) is 16.8. The molecule has 7 nitrogen and oxygen atoms in total. The minimum absolute atomic E-state index is 0.0640. The molecule has 1 atom stereocenters. The van der Waals surface area contributed by atoms with Crippen LogP contribution >= 0.6 is 0 Å². The summed E-state index contributed by atoms with van der Waals surface area (Å²) < 4.78 is 24.7. The number of hydrogen-bond donors (Lipinski definition) is 1. The highest BCUT2D eigenvalue weighted by Gasteiger charge is 2.24. The van der Waals surface area contributed by atoms with E-state index in [4.69, 9.17) is 14.3 Å². The zero-order valence-electron chi connectivity index (χ0n) is 19.9. The fourth-order valence-corrected chi connectivity index (χ4v) is 4.10. The van der Waals surface area contributed by atoms with Crippen LogP contribution in [0.15, 0.2) is 65.1 Å². The predicted octanol–water partition coefficient (Wildman–Crippen LogP) is 4.54. The quantitative estimate of drug-likeness (QED) is 0.467. The number of rotatable bonds is 8. The lowest BCUT2D eigenvalue weighted by molar-refractivity contribution is -0.137. The average molecular weight is 491 g/mol. The molecule has 2 heterocycles. The Hall–Kier alpha value is -4.25. The summed E-state index contributed by atoms with van der Waals surface area (Å²) in [6.07, 6.45) is -0.0640. The average Bonchev–Trinajstić information content (AvgIpc) is 3.37. The van der Waals surface area contributed by atoms with Crippen molar-refractivity contribution in [3.05, 3.63) is 83.6 Å². The number of benzene rings is 2. The lowest BCUT2D eigenvalue weighted by Crippen LogP contribution is -2.48. The third kappa shape index (κ3) is 6.25. The van der Waals surface area contributed by atoms with Crippen LogP contribution in [0.1, 0.15) is 41.1 Å². The molecule has 1 fully saturated rings. The second-order valence-electron chi connectivity index (χ2n) is 8.42. The molecule has 2 aromatic carbocycles. The summed E-state index contributed by atoms with van der Waals surface area (Å²) in [5.41, 5.74) is 1.74. The summed E-state index contributed by atoms with van der Waals surface area (Å²) in [5.74, 6) is 5.35. The highest BCUT2D eigenvalue weighted by atomic mass is 19.1. The summed E-state index contributed by atoms with van der Waals surface area (Å²) in [7, 11) is 0. The normalized spacial score (nSPS) is 14.1. The van der Waals surface area contributed by atoms with Gasteiger partial charge in [-0.25, -0.2) is 4.39 Å². The molecule has 0 aliphatic carbocycles. The molecular formula is C28H27FN2O5. The zero-order chi connectivity index (χ0) is 25.5. The van der Waals surface area contributed by atoms with Crippen LogP contribution in [0.3, 0.4) is 0 Å². The molecule has 1 unspecified atom stereocenters. The van der Waals surface area contributed by atoms with Crippen molar-refractivity contribution in [1.29, 1.82) is 0 Å². The highest BCUT2D eigenvalue weighted by Crippen LogP contribution is 2.23. The minimum Gasteiger partial charge on any atom is -0.486 e. The van der Waals surface area contributed by atoms with E-state index < -0.39 is 5.97 Å². The Bertz CT molecular complexity index is 1250. The first-order valence-corrected chi connectivity index (χ1v) is 11.7. The standard InChI is InChI=1S/C28H27FN2O5/c1-2-3-21(18-27(32)33)20-4-10-24(11-5-20)35-19-25-12-13-26(36-25)28(34)31-16-14-30(15-17-31)23-8-6-22(29)7-9-23/h4-13,21H,14-19H2,1H3,(H,32,33). The number of hydrogen-bond acceptors (Lipinski definition) is 5. The monoisotopic (exact) mass is 490 g/mol. The van der Waals surface area contributed by atoms with Gasteiger partial charge in [0.25, 0.3) is 5.91 Å². The van der Waals surface area contributed by atoms with Gasteiger partial charge in [-0.05, 0) is 61.0 Å². The fraction of sp³-hybridized carbons (Fsp3) is 0.286. The molecule has 1 amide bonds. The first-order chi connectivity index (χ1) is 17.4. The molecule has 3 aromatic rings. The van der Waals surface area contributed by atoms with Gasteiger partial charge in [0.15, 0.2) is 5.76 Å². The highest BCUT2D eigenvalue weighted by molar-refractivity contribution is 5.91. The third-order valence-electron chi connectivity index (χ3n) is 5.99. The van der Waals surface area contributed by atoms with Gasteiger partial charge in [0.1, 0.15) is 23.9 Å². The van der Waals surface area contributed by atoms with E-state index in [-0.39, 0.29) is 36.4 Å². The summed E-state index contributed by atoms with van der Waals surface area (Å²) in [4.78, 5) is 27.8. The van der Waals surface area contributed by atoms with Crippen molar-refractivity contribution in [2.24, 2.45) is 0 Å². The van der Waals surface area contributed by atoms with Crippen molar-refractivity contribution in [3.8, 4) is 17.6 Å². The van der Waals surface area contributed by atoms with Crippen molar-refractivity contribution < 1.29 is 28.2 Å². The van der Waals surface area contributed by atoms with E-state index in [0.29, 0.717) is 37.7 Å². The number of piperazine rings is 1. The Morgan fingerprint density at radius 1 is 1.03 bits per heavy atom. The number of carbonyl (C=O) groups is 2. The molecule has 0 bridgehead atoms. The fourth-order valence-electron chi connectivity index (χ4n) is 4.10. The van der Waals surface area contributed by atoms with E-state index in [1.165, 1.54) is 12.1 Å². The molecular weight excluding hydrogens is 463 g/mol. The minimum atomic E-state index is -0.902. The second-order valence-corrected chi connectivity index (χ2v) is 8.42. The van der Waals surface area contributed by atoms with Gasteiger partial charge in [-0.15, -0.1) is 5.92 Å². The molecule has 0 spiro atoms. The summed E-state index contributed by atoms with van der Waals surface area (Å²) in [5, 5.41) is 9.08. The van der Waals surface area contributed by atoms with Crippen molar-refractivity contribution in [1.82, 2.24) is 4.90 Å². The lowest BCUT2D eigenvalue weighted by atomic mass is 9.96. The Kier molecular flexibility index (Phi) is 7.91. The van der Waals surface area contributed by atoms with Gasteiger partial charge in [-0.3, -0.25) is 9.59 Å². The maximum atomic E-state index is 13.2. The molecule has 1 aliphatic rings. The zero-order valence-corrected chi connectivity index (χ0v) is 19.9. The Morgan fingerprint density at radius 3 is 2.36 bits per heavy atom. The Labute approximate surface area is 209 Å². The molecule has 1 N–H and O–H groups in total. The molecule has 8 heteroatoms. The molecule has 0 radical (unpaired) electrons.